The van der Waals surface area contributed by atoms with Crippen molar-refractivity contribution in [2.75, 3.05) is 38.7 Å². The largest absolute Gasteiger partial charge is 0.422 e. The van der Waals surface area contributed by atoms with E-state index in [1.165, 1.54) is 22.5 Å². The summed E-state index contributed by atoms with van der Waals surface area (Å²) in [6.45, 7) is 2.81. The number of thiophene rings is 1. The van der Waals surface area contributed by atoms with Gasteiger partial charge in [0.25, 0.3) is 5.91 Å². The van der Waals surface area contributed by atoms with Crippen LogP contribution in [0, 0.1) is 0 Å². The van der Waals surface area contributed by atoms with Crippen LogP contribution >= 0.6 is 22.9 Å². The number of halogens is 1. The quantitative estimate of drug-likeness (QED) is 0.672. The van der Waals surface area contributed by atoms with Gasteiger partial charge in [-0.1, -0.05) is 17.7 Å². The zero-order chi connectivity index (χ0) is 21.8. The van der Waals surface area contributed by atoms with Crippen LogP contribution in [-0.2, 0) is 22.3 Å². The molecule has 166 valence electrons. The first-order chi connectivity index (χ1) is 14.9. The zero-order valence-corrected chi connectivity index (χ0v) is 19.0. The maximum atomic E-state index is 12.7. The van der Waals surface area contributed by atoms with Gasteiger partial charge in [0.15, 0.2) is 5.72 Å². The minimum absolute atomic E-state index is 0.319. The summed E-state index contributed by atoms with van der Waals surface area (Å²) in [6, 6.07) is 9.30. The third kappa shape index (κ3) is 5.57. The lowest BCUT2D eigenvalue weighted by Gasteiger charge is -2.36. The third-order valence-electron chi connectivity index (χ3n) is 5.71. The van der Waals surface area contributed by atoms with Gasteiger partial charge in [-0.25, -0.2) is 4.79 Å². The maximum Gasteiger partial charge on any atom is 0.413 e. The van der Waals surface area contributed by atoms with E-state index in [1.54, 1.807) is 12.1 Å². The Hall–Kier alpha value is -2.13. The molecule has 0 unspecified atom stereocenters. The molecule has 2 aliphatic heterocycles. The minimum Gasteiger partial charge on any atom is -0.422 e. The summed E-state index contributed by atoms with van der Waals surface area (Å²) in [5.41, 5.74) is 2.12. The summed E-state index contributed by atoms with van der Waals surface area (Å²) in [6.07, 6.45) is 2.09. The van der Waals surface area contributed by atoms with Crippen LogP contribution in [0.4, 0.5) is 10.5 Å². The molecule has 0 saturated carbocycles. The Bertz CT molecular complexity index is 958. The Morgan fingerprint density at radius 1 is 1.13 bits per heavy atom. The first-order valence-corrected chi connectivity index (χ1v) is 11.6. The molecule has 4 rings (SSSR count). The lowest BCUT2D eigenvalue weighted by molar-refractivity contribution is -0.0806. The fraction of sp³-hybridized carbons (Fsp3) is 0.455. The number of anilines is 1. The SMILES string of the molecule is CN1CCc2ccc(NC(=O)OC3(NC(=O)c4ccc(Cl)s4)CCOCC3)cc2CC1. The van der Waals surface area contributed by atoms with Crippen molar-refractivity contribution in [3.05, 3.63) is 50.7 Å². The van der Waals surface area contributed by atoms with Gasteiger partial charge in [0.05, 0.1) is 22.4 Å². The van der Waals surface area contributed by atoms with Crippen molar-refractivity contribution in [3.8, 4) is 0 Å². The molecular weight excluding hydrogens is 438 g/mol. The number of carbonyl (C=O) groups is 2. The van der Waals surface area contributed by atoms with Gasteiger partial charge in [0.2, 0.25) is 0 Å². The van der Waals surface area contributed by atoms with Crippen LogP contribution in [0.5, 0.6) is 0 Å². The second-order valence-corrected chi connectivity index (χ2v) is 9.68. The molecule has 1 aromatic carbocycles. The second-order valence-electron chi connectivity index (χ2n) is 7.97. The summed E-state index contributed by atoms with van der Waals surface area (Å²) in [5.74, 6) is -0.319. The van der Waals surface area contributed by atoms with E-state index in [9.17, 15) is 9.59 Å². The summed E-state index contributed by atoms with van der Waals surface area (Å²) in [7, 11) is 2.12. The van der Waals surface area contributed by atoms with Crippen LogP contribution in [0.2, 0.25) is 4.34 Å². The Morgan fingerprint density at radius 3 is 2.58 bits per heavy atom. The molecule has 2 aromatic rings. The zero-order valence-electron chi connectivity index (χ0n) is 17.4. The van der Waals surface area contributed by atoms with Crippen molar-refractivity contribution in [3.63, 3.8) is 0 Å². The van der Waals surface area contributed by atoms with Crippen molar-refractivity contribution in [1.29, 1.82) is 0 Å². The number of hydrogen-bond donors (Lipinski definition) is 2. The number of likely N-dealkylation sites (N-methyl/N-ethyl adjacent to an activating group) is 1. The first-order valence-electron chi connectivity index (χ1n) is 10.4. The second kappa shape index (κ2) is 9.56. The molecule has 3 heterocycles. The maximum absolute atomic E-state index is 12.7. The lowest BCUT2D eigenvalue weighted by Crippen LogP contribution is -2.55. The van der Waals surface area contributed by atoms with E-state index in [-0.39, 0.29) is 5.91 Å². The van der Waals surface area contributed by atoms with E-state index in [1.807, 2.05) is 12.1 Å². The van der Waals surface area contributed by atoms with Crippen LogP contribution in [-0.4, -0.2) is 56.0 Å². The highest BCUT2D eigenvalue weighted by molar-refractivity contribution is 7.18. The molecule has 0 aliphatic carbocycles. The van der Waals surface area contributed by atoms with Gasteiger partial charge in [-0.15, -0.1) is 11.3 Å². The molecule has 0 atom stereocenters. The topological polar surface area (TPSA) is 79.9 Å². The highest BCUT2D eigenvalue weighted by Gasteiger charge is 2.39. The molecule has 2 N–H and O–H groups in total. The van der Waals surface area contributed by atoms with E-state index in [0.29, 0.717) is 41.0 Å². The van der Waals surface area contributed by atoms with Crippen LogP contribution in [0.1, 0.15) is 33.6 Å². The van der Waals surface area contributed by atoms with Crippen LogP contribution in [0.25, 0.3) is 0 Å². The molecule has 0 bridgehead atoms. The summed E-state index contributed by atoms with van der Waals surface area (Å²) in [4.78, 5) is 28.2. The summed E-state index contributed by atoms with van der Waals surface area (Å²) >= 11 is 7.13. The molecule has 7 nitrogen and oxygen atoms in total. The van der Waals surface area contributed by atoms with Gasteiger partial charge in [-0.2, -0.15) is 0 Å². The molecule has 31 heavy (non-hydrogen) atoms. The minimum atomic E-state index is -1.12. The van der Waals surface area contributed by atoms with E-state index in [2.05, 4.69) is 28.6 Å². The molecule has 1 aromatic heterocycles. The monoisotopic (exact) mass is 463 g/mol. The molecule has 1 saturated heterocycles. The van der Waals surface area contributed by atoms with E-state index >= 15 is 0 Å². The van der Waals surface area contributed by atoms with Gasteiger partial charge in [-0.05, 0) is 55.3 Å². The standard InChI is InChI=1S/C22H26ClN3O4S/c1-26-10-6-15-2-3-17(14-16(15)7-11-26)24-21(28)30-22(8-12-29-13-9-22)25-20(27)18-4-5-19(23)31-18/h2-5,14H,6-13H2,1H3,(H,24,28)(H,25,27). The van der Waals surface area contributed by atoms with Crippen molar-refractivity contribution in [2.24, 2.45) is 0 Å². The molecule has 2 amide bonds. The fourth-order valence-electron chi connectivity index (χ4n) is 3.89. The summed E-state index contributed by atoms with van der Waals surface area (Å²) in [5, 5.41) is 5.71. The number of nitrogens with zero attached hydrogens (tertiary/aromatic N) is 1. The molecule has 0 radical (unpaired) electrons. The predicted octanol–water partition coefficient (Wildman–Crippen LogP) is 3.92. The Labute approximate surface area is 190 Å². The Kier molecular flexibility index (Phi) is 6.81. The number of ether oxygens (including phenoxy) is 2. The highest BCUT2D eigenvalue weighted by Crippen LogP contribution is 2.27. The average Bonchev–Trinajstić information content (AvgIpc) is 3.09. The van der Waals surface area contributed by atoms with Crippen LogP contribution < -0.4 is 10.6 Å². The fourth-order valence-corrected chi connectivity index (χ4v) is 4.83. The predicted molar refractivity (Wildman–Crippen MR) is 121 cm³/mol. The van der Waals surface area contributed by atoms with Crippen molar-refractivity contribution < 1.29 is 19.1 Å². The van der Waals surface area contributed by atoms with Crippen molar-refractivity contribution in [2.45, 2.75) is 31.4 Å². The third-order valence-corrected chi connectivity index (χ3v) is 6.94. The van der Waals surface area contributed by atoms with Crippen LogP contribution in [0.3, 0.4) is 0 Å². The smallest absolute Gasteiger partial charge is 0.413 e. The highest BCUT2D eigenvalue weighted by atomic mass is 35.5. The molecule has 0 spiro atoms. The number of rotatable bonds is 4. The van der Waals surface area contributed by atoms with Gasteiger partial charge in [0.1, 0.15) is 0 Å². The van der Waals surface area contributed by atoms with Gasteiger partial charge < -0.3 is 19.7 Å². The molecule has 2 aliphatic rings. The first kappa shape index (κ1) is 22.1. The number of amides is 2. The number of benzene rings is 1. The van der Waals surface area contributed by atoms with E-state index in [4.69, 9.17) is 21.1 Å². The number of hydrogen-bond acceptors (Lipinski definition) is 6. The average molecular weight is 464 g/mol. The van der Waals surface area contributed by atoms with Crippen molar-refractivity contribution >= 4 is 40.6 Å². The molecule has 9 heteroatoms. The van der Waals surface area contributed by atoms with Crippen LogP contribution in [0.15, 0.2) is 30.3 Å². The van der Waals surface area contributed by atoms with E-state index in [0.717, 1.165) is 25.9 Å². The van der Waals surface area contributed by atoms with Crippen molar-refractivity contribution in [1.82, 2.24) is 10.2 Å². The summed E-state index contributed by atoms with van der Waals surface area (Å²) < 4.78 is 11.7. The van der Waals surface area contributed by atoms with Gasteiger partial charge in [0, 0.05) is 31.6 Å². The Balaban J connectivity index is 1.44. The number of nitrogens with one attached hydrogen (secondary N) is 2. The number of carbonyl (C=O) groups excluding carboxylic acids is 2. The lowest BCUT2D eigenvalue weighted by atomic mass is 10.0. The van der Waals surface area contributed by atoms with Gasteiger partial charge >= 0.3 is 6.09 Å². The van der Waals surface area contributed by atoms with Gasteiger partial charge in [-0.3, -0.25) is 10.1 Å². The Morgan fingerprint density at radius 2 is 1.87 bits per heavy atom. The van der Waals surface area contributed by atoms with E-state index < -0.39 is 11.8 Å². The molecular formula is C22H26ClN3O4S. The number of fused-ring (bicyclic) bond motifs is 1. The normalized spacial score (nSPS) is 18.5. The molecule has 1 fully saturated rings.